The Kier molecular flexibility index (Phi) is 5.31. The van der Waals surface area contributed by atoms with Gasteiger partial charge in [0.25, 0.3) is 0 Å². The van der Waals surface area contributed by atoms with Crippen molar-refractivity contribution in [2.24, 2.45) is 0 Å². The lowest BCUT2D eigenvalue weighted by Crippen LogP contribution is -2.56. The molecule has 2 unspecified atom stereocenters. The fourth-order valence-corrected chi connectivity index (χ4v) is 4.31. The standard InChI is InChI=1S/C17H30N4/c1-2-19-15-12-16-6-5-7-17(13-15)21(16)10-4-3-9-20-11-8-18-14-20/h8,11,14-17,19H,2-7,9-10,12-13H2,1H3. The molecule has 0 spiro atoms. The van der Waals surface area contributed by atoms with Crippen molar-refractivity contribution < 1.29 is 0 Å². The zero-order valence-corrected chi connectivity index (χ0v) is 13.4. The Bertz CT molecular complexity index is 389. The van der Waals surface area contributed by atoms with Gasteiger partial charge in [0.15, 0.2) is 0 Å². The van der Waals surface area contributed by atoms with Crippen molar-refractivity contribution in [2.75, 3.05) is 13.1 Å². The number of fused-ring (bicyclic) bond motifs is 2. The van der Waals surface area contributed by atoms with Gasteiger partial charge in [-0.15, -0.1) is 0 Å². The topological polar surface area (TPSA) is 33.1 Å². The highest BCUT2D eigenvalue weighted by atomic mass is 15.2. The van der Waals surface area contributed by atoms with Crippen LogP contribution in [0.2, 0.25) is 0 Å². The van der Waals surface area contributed by atoms with Crippen LogP contribution in [0, 0.1) is 0 Å². The third-order valence-corrected chi connectivity index (χ3v) is 5.26. The van der Waals surface area contributed by atoms with Crippen LogP contribution in [-0.2, 0) is 6.54 Å². The molecule has 2 aliphatic rings. The van der Waals surface area contributed by atoms with Gasteiger partial charge in [-0.2, -0.15) is 0 Å². The monoisotopic (exact) mass is 290 g/mol. The molecule has 0 amide bonds. The average molecular weight is 290 g/mol. The number of hydrogen-bond acceptors (Lipinski definition) is 3. The highest BCUT2D eigenvalue weighted by Crippen LogP contribution is 2.34. The third kappa shape index (κ3) is 3.86. The molecule has 0 saturated carbocycles. The summed E-state index contributed by atoms with van der Waals surface area (Å²) >= 11 is 0. The Hall–Kier alpha value is -0.870. The lowest BCUT2D eigenvalue weighted by molar-refractivity contribution is 0.0235. The summed E-state index contributed by atoms with van der Waals surface area (Å²) in [4.78, 5) is 6.95. The minimum absolute atomic E-state index is 0.771. The van der Waals surface area contributed by atoms with Crippen LogP contribution in [0.5, 0.6) is 0 Å². The third-order valence-electron chi connectivity index (χ3n) is 5.26. The summed E-state index contributed by atoms with van der Waals surface area (Å²) < 4.78 is 2.19. The molecule has 2 atom stereocenters. The van der Waals surface area contributed by atoms with Gasteiger partial charge in [-0.1, -0.05) is 13.3 Å². The second-order valence-electron chi connectivity index (χ2n) is 6.71. The van der Waals surface area contributed by atoms with Gasteiger partial charge in [-0.05, 0) is 51.6 Å². The number of aryl methyl sites for hydroxylation is 1. The van der Waals surface area contributed by atoms with Crippen LogP contribution in [-0.4, -0.2) is 45.7 Å². The van der Waals surface area contributed by atoms with E-state index in [4.69, 9.17) is 0 Å². The second-order valence-corrected chi connectivity index (χ2v) is 6.71. The zero-order valence-electron chi connectivity index (χ0n) is 13.4. The number of unbranched alkanes of at least 4 members (excludes halogenated alkanes) is 1. The second kappa shape index (κ2) is 7.41. The Labute approximate surface area is 128 Å². The molecule has 0 radical (unpaired) electrons. The van der Waals surface area contributed by atoms with E-state index in [1.807, 2.05) is 12.5 Å². The first-order valence-corrected chi connectivity index (χ1v) is 8.81. The molecule has 21 heavy (non-hydrogen) atoms. The maximum atomic E-state index is 4.11. The van der Waals surface area contributed by atoms with Gasteiger partial charge in [0.05, 0.1) is 6.33 Å². The molecule has 1 N–H and O–H groups in total. The molecule has 1 aromatic rings. The molecule has 2 fully saturated rings. The van der Waals surface area contributed by atoms with E-state index in [0.717, 1.165) is 31.2 Å². The zero-order chi connectivity index (χ0) is 14.5. The minimum atomic E-state index is 0.771. The summed E-state index contributed by atoms with van der Waals surface area (Å²) in [6.45, 7) is 5.76. The first-order valence-electron chi connectivity index (χ1n) is 8.81. The van der Waals surface area contributed by atoms with Crippen LogP contribution < -0.4 is 5.32 Å². The molecule has 4 heteroatoms. The maximum Gasteiger partial charge on any atom is 0.0945 e. The Balaban J connectivity index is 1.44. The van der Waals surface area contributed by atoms with Gasteiger partial charge in [-0.25, -0.2) is 4.98 Å². The predicted molar refractivity (Wildman–Crippen MR) is 86.3 cm³/mol. The van der Waals surface area contributed by atoms with Crippen LogP contribution in [0.1, 0.15) is 51.9 Å². The number of nitrogens with zero attached hydrogens (tertiary/aromatic N) is 3. The van der Waals surface area contributed by atoms with E-state index in [0.29, 0.717) is 0 Å². The predicted octanol–water partition coefficient (Wildman–Crippen LogP) is 2.66. The van der Waals surface area contributed by atoms with Gasteiger partial charge in [-0.3, -0.25) is 4.90 Å². The SMILES string of the molecule is CCNC1CC2CCCC(C1)N2CCCCn1ccnc1. The van der Waals surface area contributed by atoms with Crippen LogP contribution in [0.25, 0.3) is 0 Å². The first kappa shape index (κ1) is 15.0. The number of aromatic nitrogens is 2. The highest BCUT2D eigenvalue weighted by Gasteiger charge is 2.37. The summed E-state index contributed by atoms with van der Waals surface area (Å²) in [5, 5.41) is 3.68. The molecular formula is C17H30N4. The van der Waals surface area contributed by atoms with Gasteiger partial charge < -0.3 is 9.88 Å². The molecule has 0 aromatic carbocycles. The van der Waals surface area contributed by atoms with Crippen molar-refractivity contribution in [3.63, 3.8) is 0 Å². The minimum Gasteiger partial charge on any atom is -0.337 e. The maximum absolute atomic E-state index is 4.11. The smallest absolute Gasteiger partial charge is 0.0945 e. The number of hydrogen-bond donors (Lipinski definition) is 1. The van der Waals surface area contributed by atoms with Crippen LogP contribution in [0.4, 0.5) is 0 Å². The lowest BCUT2D eigenvalue weighted by atomic mass is 9.81. The molecule has 1 aromatic heterocycles. The quantitative estimate of drug-likeness (QED) is 0.784. The van der Waals surface area contributed by atoms with Crippen molar-refractivity contribution in [3.05, 3.63) is 18.7 Å². The highest BCUT2D eigenvalue weighted by molar-refractivity contribution is 4.94. The number of piperidine rings is 2. The first-order chi connectivity index (χ1) is 10.4. The van der Waals surface area contributed by atoms with Gasteiger partial charge in [0.2, 0.25) is 0 Å². The van der Waals surface area contributed by atoms with E-state index in [-0.39, 0.29) is 0 Å². The van der Waals surface area contributed by atoms with Crippen molar-refractivity contribution in [2.45, 2.75) is 76.5 Å². The summed E-state index contributed by atoms with van der Waals surface area (Å²) in [6.07, 6.45) is 15.5. The molecule has 118 valence electrons. The van der Waals surface area contributed by atoms with Gasteiger partial charge in [0.1, 0.15) is 0 Å². The molecule has 2 bridgehead atoms. The number of imidazole rings is 1. The summed E-state index contributed by atoms with van der Waals surface area (Å²) in [7, 11) is 0. The van der Waals surface area contributed by atoms with E-state index >= 15 is 0 Å². The number of nitrogens with one attached hydrogen (secondary N) is 1. The molecule has 4 nitrogen and oxygen atoms in total. The van der Waals surface area contributed by atoms with E-state index < -0.39 is 0 Å². The summed E-state index contributed by atoms with van der Waals surface area (Å²) in [5.41, 5.74) is 0. The Morgan fingerprint density at radius 1 is 1.14 bits per heavy atom. The van der Waals surface area contributed by atoms with E-state index in [1.165, 1.54) is 51.5 Å². The average Bonchev–Trinajstić information content (AvgIpc) is 2.97. The van der Waals surface area contributed by atoms with Crippen molar-refractivity contribution in [1.82, 2.24) is 19.8 Å². The largest absolute Gasteiger partial charge is 0.337 e. The van der Waals surface area contributed by atoms with E-state index in [1.54, 1.807) is 0 Å². The van der Waals surface area contributed by atoms with E-state index in [9.17, 15) is 0 Å². The van der Waals surface area contributed by atoms with Gasteiger partial charge >= 0.3 is 0 Å². The molecule has 3 heterocycles. The fourth-order valence-electron chi connectivity index (χ4n) is 4.31. The molecule has 3 rings (SSSR count). The van der Waals surface area contributed by atoms with Crippen molar-refractivity contribution in [3.8, 4) is 0 Å². The van der Waals surface area contributed by atoms with Crippen molar-refractivity contribution >= 4 is 0 Å². The fraction of sp³-hybridized carbons (Fsp3) is 0.824. The molecule has 2 aliphatic heterocycles. The van der Waals surface area contributed by atoms with Crippen LogP contribution in [0.3, 0.4) is 0 Å². The van der Waals surface area contributed by atoms with E-state index in [2.05, 4.69) is 32.9 Å². The lowest BCUT2D eigenvalue weighted by Gasteiger charge is -2.49. The summed E-state index contributed by atoms with van der Waals surface area (Å²) in [6, 6.07) is 2.46. The number of rotatable bonds is 7. The Morgan fingerprint density at radius 2 is 1.90 bits per heavy atom. The Morgan fingerprint density at radius 3 is 2.57 bits per heavy atom. The van der Waals surface area contributed by atoms with Gasteiger partial charge in [0, 0.05) is 37.1 Å². The molecule has 0 aliphatic carbocycles. The summed E-state index contributed by atoms with van der Waals surface area (Å²) in [5.74, 6) is 0. The van der Waals surface area contributed by atoms with Crippen LogP contribution >= 0.6 is 0 Å². The molecular weight excluding hydrogens is 260 g/mol. The molecule has 2 saturated heterocycles. The van der Waals surface area contributed by atoms with Crippen LogP contribution in [0.15, 0.2) is 18.7 Å². The van der Waals surface area contributed by atoms with Crippen molar-refractivity contribution in [1.29, 1.82) is 0 Å². The normalized spacial score (nSPS) is 29.7.